The minimum absolute atomic E-state index is 0.215. The predicted octanol–water partition coefficient (Wildman–Crippen LogP) is 1.62. The number of aromatic carboxylic acids is 1. The van der Waals surface area contributed by atoms with E-state index in [0.29, 0.717) is 17.2 Å². The van der Waals surface area contributed by atoms with Crippen molar-refractivity contribution in [3.8, 4) is 0 Å². The van der Waals surface area contributed by atoms with Crippen molar-refractivity contribution in [2.75, 3.05) is 24.2 Å². The lowest BCUT2D eigenvalue weighted by molar-refractivity contribution is 0.0702. The van der Waals surface area contributed by atoms with Crippen molar-refractivity contribution in [1.82, 2.24) is 0 Å². The molecule has 1 atom stereocenters. The molecular formula is C10H14N2O3S. The molecule has 4 N–H and O–H groups in total. The molecule has 0 aromatic carbocycles. The van der Waals surface area contributed by atoms with Gasteiger partial charge in [-0.15, -0.1) is 11.3 Å². The number of nitrogens with one attached hydrogen (secondary N) is 1. The fraction of sp³-hybridized carbons (Fsp3) is 0.500. The van der Waals surface area contributed by atoms with Gasteiger partial charge in [0.2, 0.25) is 0 Å². The van der Waals surface area contributed by atoms with Gasteiger partial charge in [0.05, 0.1) is 11.8 Å². The van der Waals surface area contributed by atoms with E-state index in [0.717, 1.165) is 30.8 Å². The van der Waals surface area contributed by atoms with E-state index in [4.69, 9.17) is 15.6 Å². The van der Waals surface area contributed by atoms with Gasteiger partial charge in [0, 0.05) is 13.2 Å². The number of carboxylic acids is 1. The maximum atomic E-state index is 10.7. The smallest absolute Gasteiger partial charge is 0.346 e. The second-order valence-electron chi connectivity index (χ2n) is 3.71. The summed E-state index contributed by atoms with van der Waals surface area (Å²) in [6.45, 7) is 1.49. The fourth-order valence-corrected chi connectivity index (χ4v) is 2.42. The first kappa shape index (κ1) is 11.2. The Kier molecular flexibility index (Phi) is 3.31. The van der Waals surface area contributed by atoms with Crippen molar-refractivity contribution in [2.24, 2.45) is 0 Å². The van der Waals surface area contributed by atoms with Crippen LogP contribution in [0, 0.1) is 0 Å². The zero-order valence-electron chi connectivity index (χ0n) is 8.73. The van der Waals surface area contributed by atoms with Crippen LogP contribution in [-0.4, -0.2) is 30.3 Å². The number of nitrogen functional groups attached to an aromatic ring is 1. The van der Waals surface area contributed by atoms with Crippen LogP contribution < -0.4 is 11.1 Å². The molecule has 0 unspecified atom stereocenters. The highest BCUT2D eigenvalue weighted by atomic mass is 32.1. The van der Waals surface area contributed by atoms with E-state index >= 15 is 0 Å². The number of carbonyl (C=O) groups is 1. The average molecular weight is 242 g/mol. The summed E-state index contributed by atoms with van der Waals surface area (Å²) in [6, 6.07) is 1.57. The first-order valence-electron chi connectivity index (χ1n) is 5.15. The summed E-state index contributed by atoms with van der Waals surface area (Å²) in [5.74, 6) is -0.943. The first-order valence-corrected chi connectivity index (χ1v) is 5.96. The molecule has 1 aliphatic rings. The maximum Gasteiger partial charge on any atom is 0.346 e. The van der Waals surface area contributed by atoms with Crippen molar-refractivity contribution in [2.45, 2.75) is 18.9 Å². The van der Waals surface area contributed by atoms with Gasteiger partial charge < -0.3 is 20.9 Å². The average Bonchev–Trinajstić information content (AvgIpc) is 2.84. The molecule has 0 spiro atoms. The number of thiophene rings is 1. The summed E-state index contributed by atoms with van der Waals surface area (Å²) in [5.41, 5.74) is 6.41. The molecule has 0 bridgehead atoms. The van der Waals surface area contributed by atoms with E-state index in [-0.39, 0.29) is 11.0 Å². The van der Waals surface area contributed by atoms with Crippen LogP contribution in [0.5, 0.6) is 0 Å². The molecule has 2 rings (SSSR count). The Morgan fingerprint density at radius 1 is 1.75 bits per heavy atom. The number of hydrogen-bond acceptors (Lipinski definition) is 5. The maximum absolute atomic E-state index is 10.7. The van der Waals surface area contributed by atoms with Crippen LogP contribution in [0.1, 0.15) is 22.5 Å². The monoisotopic (exact) mass is 242 g/mol. The second kappa shape index (κ2) is 4.71. The topological polar surface area (TPSA) is 84.6 Å². The molecular weight excluding hydrogens is 228 g/mol. The van der Waals surface area contributed by atoms with Crippen LogP contribution in [0.15, 0.2) is 6.07 Å². The molecule has 6 heteroatoms. The summed E-state index contributed by atoms with van der Waals surface area (Å²) in [5, 5.41) is 12.4. The Morgan fingerprint density at radius 3 is 3.12 bits per heavy atom. The van der Waals surface area contributed by atoms with Gasteiger partial charge in [-0.25, -0.2) is 4.79 Å². The summed E-state index contributed by atoms with van der Waals surface area (Å²) in [4.78, 5) is 11.0. The largest absolute Gasteiger partial charge is 0.477 e. The van der Waals surface area contributed by atoms with Crippen LogP contribution in [0.4, 0.5) is 10.7 Å². The van der Waals surface area contributed by atoms with E-state index in [1.807, 2.05) is 0 Å². The highest BCUT2D eigenvalue weighted by Gasteiger charge is 2.17. The molecule has 5 nitrogen and oxygen atoms in total. The van der Waals surface area contributed by atoms with Gasteiger partial charge >= 0.3 is 5.97 Å². The Labute approximate surface area is 97.2 Å². The number of hydrogen-bond donors (Lipinski definition) is 3. The predicted molar refractivity (Wildman–Crippen MR) is 63.2 cm³/mol. The normalized spacial score (nSPS) is 19.9. The van der Waals surface area contributed by atoms with E-state index in [2.05, 4.69) is 5.32 Å². The third-order valence-electron chi connectivity index (χ3n) is 2.52. The second-order valence-corrected chi connectivity index (χ2v) is 4.79. The molecule has 0 amide bonds. The molecule has 1 fully saturated rings. The Bertz CT molecular complexity index is 385. The standard InChI is InChI=1S/C10H14N2O3S/c11-9-7(4-8(16-9)10(13)14)12-5-6-2-1-3-15-6/h4,6,12H,1-3,5,11H2,(H,13,14)/t6-/m0/s1. The summed E-state index contributed by atoms with van der Waals surface area (Å²) in [7, 11) is 0. The van der Waals surface area contributed by atoms with Crippen molar-refractivity contribution in [3.63, 3.8) is 0 Å². The highest BCUT2D eigenvalue weighted by Crippen LogP contribution is 2.30. The molecule has 1 aromatic heterocycles. The van der Waals surface area contributed by atoms with Crippen LogP contribution in [0.2, 0.25) is 0 Å². The Balaban J connectivity index is 1.95. The number of ether oxygens (including phenoxy) is 1. The molecule has 1 aliphatic heterocycles. The SMILES string of the molecule is Nc1sc(C(=O)O)cc1NC[C@@H]1CCCO1. The van der Waals surface area contributed by atoms with E-state index in [9.17, 15) is 4.79 Å². The lowest BCUT2D eigenvalue weighted by atomic mass is 10.2. The number of carboxylic acid groups (broad SMARTS) is 1. The van der Waals surface area contributed by atoms with E-state index < -0.39 is 5.97 Å². The highest BCUT2D eigenvalue weighted by molar-refractivity contribution is 7.18. The van der Waals surface area contributed by atoms with Gasteiger partial charge in [-0.3, -0.25) is 0 Å². The first-order chi connectivity index (χ1) is 7.66. The molecule has 0 radical (unpaired) electrons. The van der Waals surface area contributed by atoms with Crippen LogP contribution in [0.25, 0.3) is 0 Å². The molecule has 2 heterocycles. The zero-order valence-corrected chi connectivity index (χ0v) is 9.55. The van der Waals surface area contributed by atoms with Gasteiger partial charge in [-0.2, -0.15) is 0 Å². The van der Waals surface area contributed by atoms with Gasteiger partial charge in [0.25, 0.3) is 0 Å². The summed E-state index contributed by atoms with van der Waals surface area (Å²) in [6.07, 6.45) is 2.35. The minimum Gasteiger partial charge on any atom is -0.477 e. The van der Waals surface area contributed by atoms with Gasteiger partial charge in [0.1, 0.15) is 9.88 Å². The lowest BCUT2D eigenvalue weighted by Gasteiger charge is -2.10. The van der Waals surface area contributed by atoms with E-state index in [1.165, 1.54) is 0 Å². The quantitative estimate of drug-likeness (QED) is 0.747. The number of anilines is 2. The van der Waals surface area contributed by atoms with Crippen molar-refractivity contribution in [1.29, 1.82) is 0 Å². The van der Waals surface area contributed by atoms with Crippen molar-refractivity contribution in [3.05, 3.63) is 10.9 Å². The summed E-state index contributed by atoms with van der Waals surface area (Å²) < 4.78 is 5.45. The molecule has 16 heavy (non-hydrogen) atoms. The van der Waals surface area contributed by atoms with Crippen molar-refractivity contribution >= 4 is 28.0 Å². The van der Waals surface area contributed by atoms with Gasteiger partial charge in [-0.05, 0) is 18.9 Å². The zero-order chi connectivity index (χ0) is 11.5. The molecule has 88 valence electrons. The van der Waals surface area contributed by atoms with Gasteiger partial charge in [-0.1, -0.05) is 0 Å². The third kappa shape index (κ3) is 2.45. The molecule has 0 saturated carbocycles. The third-order valence-corrected chi connectivity index (χ3v) is 3.47. The van der Waals surface area contributed by atoms with E-state index in [1.54, 1.807) is 6.07 Å². The van der Waals surface area contributed by atoms with Gasteiger partial charge in [0.15, 0.2) is 0 Å². The molecule has 1 aromatic rings. The number of nitrogens with two attached hydrogens (primary N) is 1. The lowest BCUT2D eigenvalue weighted by Crippen LogP contribution is -2.18. The summed E-state index contributed by atoms with van der Waals surface area (Å²) >= 11 is 1.08. The Hall–Kier alpha value is -1.27. The fourth-order valence-electron chi connectivity index (χ4n) is 1.68. The Morgan fingerprint density at radius 2 is 2.56 bits per heavy atom. The minimum atomic E-state index is -0.943. The molecule has 0 aliphatic carbocycles. The van der Waals surface area contributed by atoms with Crippen molar-refractivity contribution < 1.29 is 14.6 Å². The van der Waals surface area contributed by atoms with Crippen LogP contribution in [-0.2, 0) is 4.74 Å². The number of rotatable bonds is 4. The van der Waals surface area contributed by atoms with Crippen LogP contribution >= 0.6 is 11.3 Å². The van der Waals surface area contributed by atoms with Crippen LogP contribution in [0.3, 0.4) is 0 Å². The molecule has 1 saturated heterocycles.